The van der Waals surface area contributed by atoms with Gasteiger partial charge in [0.05, 0.1) is 7.11 Å². The smallest absolute Gasteiger partial charge is 0.330 e. The van der Waals surface area contributed by atoms with E-state index in [4.69, 9.17) is 0 Å². The minimum atomic E-state index is -0.530. The number of rotatable bonds is 3. The molecule has 0 radical (unpaired) electrons. The minimum absolute atomic E-state index is 0.192. The maximum absolute atomic E-state index is 11.7. The van der Waals surface area contributed by atoms with E-state index in [-0.39, 0.29) is 5.78 Å². The first-order valence-corrected chi connectivity index (χ1v) is 4.92. The lowest BCUT2D eigenvalue weighted by molar-refractivity contribution is -0.134. The first-order valence-electron chi connectivity index (χ1n) is 4.92. The summed E-state index contributed by atoms with van der Waals surface area (Å²) in [7, 11) is 1.27. The zero-order valence-electron chi connectivity index (χ0n) is 9.61. The van der Waals surface area contributed by atoms with Gasteiger partial charge >= 0.3 is 5.97 Å². The van der Waals surface area contributed by atoms with Crippen molar-refractivity contribution in [2.24, 2.45) is 0 Å². The van der Waals surface area contributed by atoms with E-state index in [1.807, 2.05) is 26.0 Å². The van der Waals surface area contributed by atoms with Crippen LogP contribution in [0, 0.1) is 13.8 Å². The first kappa shape index (κ1) is 12.2. The molecule has 0 unspecified atom stereocenters. The van der Waals surface area contributed by atoms with Crippen molar-refractivity contribution in [1.82, 2.24) is 0 Å². The van der Waals surface area contributed by atoms with E-state index in [1.54, 1.807) is 6.07 Å². The highest BCUT2D eigenvalue weighted by Gasteiger charge is 2.06. The second-order valence-corrected chi connectivity index (χ2v) is 3.54. The van der Waals surface area contributed by atoms with Crippen molar-refractivity contribution >= 4 is 11.8 Å². The molecule has 16 heavy (non-hydrogen) atoms. The Hall–Kier alpha value is -1.90. The summed E-state index contributed by atoms with van der Waals surface area (Å²) in [6.07, 6.45) is 2.35. The van der Waals surface area contributed by atoms with Gasteiger partial charge in [-0.05, 0) is 25.5 Å². The average molecular weight is 218 g/mol. The molecule has 0 saturated heterocycles. The molecular weight excluding hydrogens is 204 g/mol. The number of ketones is 1. The van der Waals surface area contributed by atoms with Crippen molar-refractivity contribution in [3.8, 4) is 0 Å². The van der Waals surface area contributed by atoms with Gasteiger partial charge in [0, 0.05) is 11.6 Å². The molecule has 0 fully saturated rings. The number of aryl methyl sites for hydroxylation is 2. The van der Waals surface area contributed by atoms with Crippen molar-refractivity contribution in [1.29, 1.82) is 0 Å². The third-order valence-electron chi connectivity index (χ3n) is 2.22. The molecule has 1 aromatic carbocycles. The van der Waals surface area contributed by atoms with Crippen molar-refractivity contribution in [2.75, 3.05) is 7.11 Å². The zero-order valence-corrected chi connectivity index (χ0v) is 9.61. The van der Waals surface area contributed by atoms with E-state index in [1.165, 1.54) is 13.2 Å². The lowest BCUT2D eigenvalue weighted by atomic mass is 10.0. The molecule has 84 valence electrons. The summed E-state index contributed by atoms with van der Waals surface area (Å²) < 4.78 is 4.41. The number of methoxy groups -OCH3 is 1. The van der Waals surface area contributed by atoms with Crippen LogP contribution in [0.5, 0.6) is 0 Å². The van der Waals surface area contributed by atoms with Crippen molar-refractivity contribution in [3.05, 3.63) is 47.0 Å². The van der Waals surface area contributed by atoms with Gasteiger partial charge in [-0.25, -0.2) is 4.79 Å². The van der Waals surface area contributed by atoms with Crippen molar-refractivity contribution in [2.45, 2.75) is 13.8 Å². The second-order valence-electron chi connectivity index (χ2n) is 3.54. The Morgan fingerprint density at radius 2 is 1.88 bits per heavy atom. The molecule has 1 rings (SSSR count). The first-order chi connectivity index (χ1) is 7.54. The van der Waals surface area contributed by atoms with Gasteiger partial charge in [0.15, 0.2) is 5.78 Å². The highest BCUT2D eigenvalue weighted by molar-refractivity contribution is 6.07. The van der Waals surface area contributed by atoms with Crippen LogP contribution in [0.15, 0.2) is 30.4 Å². The van der Waals surface area contributed by atoms with Gasteiger partial charge < -0.3 is 4.74 Å². The van der Waals surface area contributed by atoms with Crippen LogP contribution in [0.4, 0.5) is 0 Å². The largest absolute Gasteiger partial charge is 0.466 e. The predicted octanol–water partition coefficient (Wildman–Crippen LogP) is 2.22. The van der Waals surface area contributed by atoms with E-state index in [2.05, 4.69) is 4.74 Å². The molecule has 1 aromatic rings. The summed E-state index contributed by atoms with van der Waals surface area (Å²) in [6, 6.07) is 5.56. The Bertz CT molecular complexity index is 444. The van der Waals surface area contributed by atoms with E-state index >= 15 is 0 Å². The number of ether oxygens (including phenoxy) is 1. The molecule has 0 spiro atoms. The summed E-state index contributed by atoms with van der Waals surface area (Å²) >= 11 is 0. The molecule has 0 N–H and O–H groups in total. The van der Waals surface area contributed by atoms with Crippen LogP contribution in [0.1, 0.15) is 21.5 Å². The Labute approximate surface area is 94.7 Å². The number of carbonyl (C=O) groups excluding carboxylic acids is 2. The maximum atomic E-state index is 11.7. The topological polar surface area (TPSA) is 43.4 Å². The molecule has 0 aliphatic heterocycles. The highest BCUT2D eigenvalue weighted by atomic mass is 16.5. The molecule has 0 aliphatic carbocycles. The average Bonchev–Trinajstić information content (AvgIpc) is 2.25. The van der Waals surface area contributed by atoms with Crippen LogP contribution in [-0.4, -0.2) is 18.9 Å². The van der Waals surface area contributed by atoms with Crippen LogP contribution in [0.3, 0.4) is 0 Å². The summed E-state index contributed by atoms with van der Waals surface area (Å²) in [5.74, 6) is -0.721. The van der Waals surface area contributed by atoms with Gasteiger partial charge in [-0.1, -0.05) is 23.8 Å². The molecule has 0 aliphatic rings. The summed E-state index contributed by atoms with van der Waals surface area (Å²) in [4.78, 5) is 22.5. The summed E-state index contributed by atoms with van der Waals surface area (Å²) in [5.41, 5.74) is 2.61. The van der Waals surface area contributed by atoms with Gasteiger partial charge in [-0.3, -0.25) is 4.79 Å². The molecule has 0 heterocycles. The fourth-order valence-corrected chi connectivity index (χ4v) is 1.39. The molecule has 0 saturated carbocycles. The third-order valence-corrected chi connectivity index (χ3v) is 2.22. The van der Waals surface area contributed by atoms with Crippen molar-refractivity contribution in [3.63, 3.8) is 0 Å². The standard InChI is InChI=1S/C13H14O3/c1-9-4-5-11(10(2)8-9)12(14)6-7-13(15)16-3/h4-8H,1-3H3/b7-6+. The van der Waals surface area contributed by atoms with Gasteiger partial charge in [0.25, 0.3) is 0 Å². The number of hydrogen-bond acceptors (Lipinski definition) is 3. The lowest BCUT2D eigenvalue weighted by Gasteiger charge is -2.02. The van der Waals surface area contributed by atoms with Gasteiger partial charge in [-0.2, -0.15) is 0 Å². The Kier molecular flexibility index (Phi) is 4.00. The number of benzene rings is 1. The molecule has 0 bridgehead atoms. The van der Waals surface area contributed by atoms with Crippen LogP contribution >= 0.6 is 0 Å². The van der Waals surface area contributed by atoms with Crippen LogP contribution in [0.2, 0.25) is 0 Å². The highest BCUT2D eigenvalue weighted by Crippen LogP contribution is 2.11. The fourth-order valence-electron chi connectivity index (χ4n) is 1.39. The molecule has 3 heteroatoms. The Morgan fingerprint density at radius 1 is 1.19 bits per heavy atom. The van der Waals surface area contributed by atoms with E-state index < -0.39 is 5.97 Å². The molecule has 3 nitrogen and oxygen atoms in total. The lowest BCUT2D eigenvalue weighted by Crippen LogP contribution is -2.01. The number of esters is 1. The van der Waals surface area contributed by atoms with E-state index in [9.17, 15) is 9.59 Å². The SMILES string of the molecule is COC(=O)/C=C/C(=O)c1ccc(C)cc1C. The zero-order chi connectivity index (χ0) is 12.1. The maximum Gasteiger partial charge on any atom is 0.330 e. The van der Waals surface area contributed by atoms with Gasteiger partial charge in [0.1, 0.15) is 0 Å². The van der Waals surface area contributed by atoms with Gasteiger partial charge in [0.2, 0.25) is 0 Å². The molecule has 0 atom stereocenters. The quantitative estimate of drug-likeness (QED) is 0.444. The summed E-state index contributed by atoms with van der Waals surface area (Å²) in [5, 5.41) is 0. The van der Waals surface area contributed by atoms with Crippen LogP contribution in [0.25, 0.3) is 0 Å². The fraction of sp³-hybridized carbons (Fsp3) is 0.231. The number of allylic oxidation sites excluding steroid dienone is 1. The van der Waals surface area contributed by atoms with Gasteiger partial charge in [-0.15, -0.1) is 0 Å². The minimum Gasteiger partial charge on any atom is -0.466 e. The van der Waals surface area contributed by atoms with E-state index in [0.717, 1.165) is 17.2 Å². The number of carbonyl (C=O) groups is 2. The van der Waals surface area contributed by atoms with E-state index in [0.29, 0.717) is 5.56 Å². The predicted molar refractivity (Wildman–Crippen MR) is 61.4 cm³/mol. The van der Waals surface area contributed by atoms with Crippen LogP contribution < -0.4 is 0 Å². The van der Waals surface area contributed by atoms with Crippen molar-refractivity contribution < 1.29 is 14.3 Å². The molecular formula is C13H14O3. The molecule has 0 aromatic heterocycles. The number of hydrogen-bond donors (Lipinski definition) is 0. The molecule has 0 amide bonds. The third kappa shape index (κ3) is 3.05. The summed E-state index contributed by atoms with van der Waals surface area (Å²) in [6.45, 7) is 3.83. The Balaban J connectivity index is 2.89. The second kappa shape index (κ2) is 5.26. The van der Waals surface area contributed by atoms with Crippen LogP contribution in [-0.2, 0) is 9.53 Å². The normalized spacial score (nSPS) is 10.4. The monoisotopic (exact) mass is 218 g/mol. The Morgan fingerprint density at radius 3 is 2.44 bits per heavy atom.